The number of hydrogen-bond acceptors (Lipinski definition) is 4. The number of hydrogen-bond donors (Lipinski definition) is 2. The van der Waals surface area contributed by atoms with Crippen LogP contribution >= 0.6 is 11.6 Å². The minimum atomic E-state index is 0.317. The van der Waals surface area contributed by atoms with Gasteiger partial charge in [0.25, 0.3) is 0 Å². The average Bonchev–Trinajstić information content (AvgIpc) is 3.23. The summed E-state index contributed by atoms with van der Waals surface area (Å²) in [5.74, 6) is 2.74. The molecule has 2 fully saturated rings. The molecule has 3 rings (SSSR count). The first-order valence-corrected chi connectivity index (χ1v) is 7.54. The maximum atomic E-state index is 9.15. The van der Waals surface area contributed by atoms with Crippen molar-refractivity contribution in [1.29, 1.82) is 0 Å². The summed E-state index contributed by atoms with van der Waals surface area (Å²) < 4.78 is 0. The first-order valence-electron chi connectivity index (χ1n) is 7.16. The predicted molar refractivity (Wildman–Crippen MR) is 75.5 cm³/mol. The maximum absolute atomic E-state index is 9.15. The van der Waals surface area contributed by atoms with E-state index in [1.165, 1.54) is 12.8 Å². The predicted octanol–water partition coefficient (Wildman–Crippen LogP) is 2.97. The molecular formula is C14H20ClN3O. The van der Waals surface area contributed by atoms with Crippen molar-refractivity contribution in [3.05, 3.63) is 17.0 Å². The molecule has 2 aliphatic carbocycles. The highest BCUT2D eigenvalue weighted by Crippen LogP contribution is 2.39. The van der Waals surface area contributed by atoms with Crippen molar-refractivity contribution in [2.75, 3.05) is 11.9 Å². The van der Waals surface area contributed by atoms with Crippen LogP contribution in [0.5, 0.6) is 0 Å². The molecular weight excluding hydrogens is 262 g/mol. The van der Waals surface area contributed by atoms with E-state index in [-0.39, 0.29) is 0 Å². The van der Waals surface area contributed by atoms with Crippen LogP contribution in [0.3, 0.4) is 0 Å². The highest BCUT2D eigenvalue weighted by atomic mass is 35.5. The highest BCUT2D eigenvalue weighted by molar-refractivity contribution is 6.29. The van der Waals surface area contributed by atoms with Crippen LogP contribution in [0.4, 0.5) is 5.82 Å². The number of nitrogens with one attached hydrogen (secondary N) is 1. The van der Waals surface area contributed by atoms with Gasteiger partial charge in [0, 0.05) is 24.6 Å². The standard InChI is InChI=1S/C14H20ClN3O/c15-12-7-13(18-14(17-12)10-3-4-10)16-11-5-1-9(8-19)2-6-11/h7,9-11,19H,1-6,8H2,(H,16,17,18). The van der Waals surface area contributed by atoms with Crippen LogP contribution < -0.4 is 5.32 Å². The Morgan fingerprint density at radius 1 is 1.16 bits per heavy atom. The van der Waals surface area contributed by atoms with Crippen molar-refractivity contribution in [1.82, 2.24) is 9.97 Å². The molecule has 0 atom stereocenters. The van der Waals surface area contributed by atoms with Gasteiger partial charge in [0.05, 0.1) is 0 Å². The van der Waals surface area contributed by atoms with Crippen LogP contribution in [0.25, 0.3) is 0 Å². The SMILES string of the molecule is OCC1CCC(Nc2cc(Cl)nc(C3CC3)n2)CC1. The number of nitrogens with zero attached hydrogens (tertiary/aromatic N) is 2. The minimum absolute atomic E-state index is 0.317. The number of aromatic nitrogens is 2. The van der Waals surface area contributed by atoms with E-state index in [0.29, 0.717) is 29.6 Å². The molecule has 19 heavy (non-hydrogen) atoms. The Hall–Kier alpha value is -0.870. The van der Waals surface area contributed by atoms with Crippen LogP contribution in [0, 0.1) is 5.92 Å². The number of halogens is 1. The fourth-order valence-corrected chi connectivity index (χ4v) is 2.92. The summed E-state index contributed by atoms with van der Waals surface area (Å²) in [5.41, 5.74) is 0. The van der Waals surface area contributed by atoms with Gasteiger partial charge in [0.2, 0.25) is 0 Å². The molecule has 4 nitrogen and oxygen atoms in total. The minimum Gasteiger partial charge on any atom is -0.396 e. The van der Waals surface area contributed by atoms with Gasteiger partial charge in [-0.25, -0.2) is 9.97 Å². The van der Waals surface area contributed by atoms with E-state index in [0.717, 1.165) is 37.3 Å². The first kappa shape index (κ1) is 13.1. The zero-order valence-corrected chi connectivity index (χ0v) is 11.7. The second-order valence-corrected chi connectivity index (χ2v) is 6.14. The summed E-state index contributed by atoms with van der Waals surface area (Å²) in [7, 11) is 0. The van der Waals surface area contributed by atoms with Crippen molar-refractivity contribution in [3.63, 3.8) is 0 Å². The second-order valence-electron chi connectivity index (χ2n) is 5.75. The van der Waals surface area contributed by atoms with E-state index in [9.17, 15) is 0 Å². The quantitative estimate of drug-likeness (QED) is 0.833. The monoisotopic (exact) mass is 281 g/mol. The molecule has 5 heteroatoms. The Morgan fingerprint density at radius 3 is 2.53 bits per heavy atom. The maximum Gasteiger partial charge on any atom is 0.135 e. The van der Waals surface area contributed by atoms with Gasteiger partial charge in [-0.2, -0.15) is 0 Å². The molecule has 0 aliphatic heterocycles. The topological polar surface area (TPSA) is 58.0 Å². The molecule has 2 aliphatic rings. The largest absolute Gasteiger partial charge is 0.396 e. The van der Waals surface area contributed by atoms with E-state index in [2.05, 4.69) is 15.3 Å². The lowest BCUT2D eigenvalue weighted by Crippen LogP contribution is -2.27. The molecule has 2 saturated carbocycles. The van der Waals surface area contributed by atoms with Crippen LogP contribution in [0.15, 0.2) is 6.07 Å². The molecule has 0 amide bonds. The molecule has 0 saturated heterocycles. The van der Waals surface area contributed by atoms with E-state index >= 15 is 0 Å². The molecule has 104 valence electrons. The molecule has 1 aromatic rings. The van der Waals surface area contributed by atoms with Crippen LogP contribution in [0.2, 0.25) is 5.15 Å². The molecule has 0 spiro atoms. The molecule has 2 N–H and O–H groups in total. The third-order valence-electron chi connectivity index (χ3n) is 4.11. The van der Waals surface area contributed by atoms with E-state index in [4.69, 9.17) is 16.7 Å². The van der Waals surface area contributed by atoms with Gasteiger partial charge in [-0.15, -0.1) is 0 Å². The summed E-state index contributed by atoms with van der Waals surface area (Å²) in [6, 6.07) is 2.26. The van der Waals surface area contributed by atoms with Crippen molar-refractivity contribution in [2.24, 2.45) is 5.92 Å². The van der Waals surface area contributed by atoms with Crippen molar-refractivity contribution >= 4 is 17.4 Å². The van der Waals surface area contributed by atoms with Crippen LogP contribution in [-0.4, -0.2) is 27.7 Å². The van der Waals surface area contributed by atoms with Gasteiger partial charge in [-0.05, 0) is 44.4 Å². The smallest absolute Gasteiger partial charge is 0.135 e. The Labute approximate surface area is 118 Å². The summed E-state index contributed by atoms with van der Waals surface area (Å²) >= 11 is 6.06. The van der Waals surface area contributed by atoms with Crippen LogP contribution in [-0.2, 0) is 0 Å². The van der Waals surface area contributed by atoms with E-state index in [1.807, 2.05) is 6.07 Å². The highest BCUT2D eigenvalue weighted by Gasteiger charge is 2.28. The number of rotatable bonds is 4. The first-order chi connectivity index (χ1) is 9.24. The summed E-state index contributed by atoms with van der Waals surface area (Å²) in [4.78, 5) is 8.87. The lowest BCUT2D eigenvalue weighted by Gasteiger charge is -2.28. The van der Waals surface area contributed by atoms with E-state index < -0.39 is 0 Å². The molecule has 0 radical (unpaired) electrons. The molecule has 0 unspecified atom stereocenters. The van der Waals surface area contributed by atoms with Crippen molar-refractivity contribution in [3.8, 4) is 0 Å². The Bertz CT molecular complexity index is 442. The van der Waals surface area contributed by atoms with Gasteiger partial charge < -0.3 is 10.4 Å². The molecule has 1 aromatic heterocycles. The number of aliphatic hydroxyl groups excluding tert-OH is 1. The second kappa shape index (κ2) is 5.63. The number of anilines is 1. The fourth-order valence-electron chi connectivity index (χ4n) is 2.73. The third-order valence-corrected chi connectivity index (χ3v) is 4.31. The summed E-state index contributed by atoms with van der Waals surface area (Å²) in [6.45, 7) is 0.317. The average molecular weight is 282 g/mol. The molecule has 0 aromatic carbocycles. The van der Waals surface area contributed by atoms with Gasteiger partial charge in [-0.1, -0.05) is 11.6 Å². The van der Waals surface area contributed by atoms with Gasteiger partial charge >= 0.3 is 0 Å². The zero-order chi connectivity index (χ0) is 13.2. The Kier molecular flexibility index (Phi) is 3.89. The fraction of sp³-hybridized carbons (Fsp3) is 0.714. The third kappa shape index (κ3) is 3.37. The molecule has 0 bridgehead atoms. The normalized spacial score (nSPS) is 27.3. The molecule has 1 heterocycles. The lowest BCUT2D eigenvalue weighted by atomic mass is 9.86. The van der Waals surface area contributed by atoms with Gasteiger partial charge in [0.1, 0.15) is 16.8 Å². The summed E-state index contributed by atoms with van der Waals surface area (Å²) in [5, 5.41) is 13.2. The summed E-state index contributed by atoms with van der Waals surface area (Å²) in [6.07, 6.45) is 6.71. The van der Waals surface area contributed by atoms with Crippen molar-refractivity contribution in [2.45, 2.75) is 50.5 Å². The Balaban J connectivity index is 1.63. The van der Waals surface area contributed by atoms with Crippen LogP contribution in [0.1, 0.15) is 50.3 Å². The zero-order valence-electron chi connectivity index (χ0n) is 11.0. The van der Waals surface area contributed by atoms with E-state index in [1.54, 1.807) is 0 Å². The number of aliphatic hydroxyl groups is 1. The lowest BCUT2D eigenvalue weighted by molar-refractivity contribution is 0.185. The van der Waals surface area contributed by atoms with Gasteiger partial charge in [0.15, 0.2) is 0 Å². The van der Waals surface area contributed by atoms with Gasteiger partial charge in [-0.3, -0.25) is 0 Å². The van der Waals surface area contributed by atoms with Crippen molar-refractivity contribution < 1.29 is 5.11 Å². The Morgan fingerprint density at radius 2 is 1.89 bits per heavy atom.